The van der Waals surface area contributed by atoms with Crippen molar-refractivity contribution < 1.29 is 4.79 Å². The molecule has 0 bridgehead atoms. The highest BCUT2D eigenvalue weighted by molar-refractivity contribution is 5.80. The summed E-state index contributed by atoms with van der Waals surface area (Å²) in [5.41, 5.74) is 0. The third-order valence-electron chi connectivity index (χ3n) is 3.10. The van der Waals surface area contributed by atoms with Crippen molar-refractivity contribution in [3.05, 3.63) is 0 Å². The van der Waals surface area contributed by atoms with Crippen molar-refractivity contribution in [2.24, 2.45) is 5.92 Å². The molecule has 0 saturated carbocycles. The van der Waals surface area contributed by atoms with E-state index in [-0.39, 0.29) is 5.92 Å². The number of carbonyl (C=O) groups excluding carboxylic acids is 1. The standard InChI is InChI=1S/C14H29NO/c1-5-13(4)15-11-9-7-6-8-10-14(16)12(2)3/h12-13,15H,5-11H2,1-4H3. The van der Waals surface area contributed by atoms with Crippen molar-refractivity contribution in [2.45, 2.75) is 72.3 Å². The van der Waals surface area contributed by atoms with Crippen LogP contribution in [0.25, 0.3) is 0 Å². The Morgan fingerprint density at radius 3 is 2.25 bits per heavy atom. The Bertz CT molecular complexity index is 178. The number of Topliss-reactive ketones (excluding diaryl/α,β-unsaturated/α-hetero) is 1. The van der Waals surface area contributed by atoms with Crippen molar-refractivity contribution in [1.82, 2.24) is 5.32 Å². The predicted octanol–water partition coefficient (Wildman–Crippen LogP) is 3.55. The van der Waals surface area contributed by atoms with Gasteiger partial charge >= 0.3 is 0 Å². The SMILES string of the molecule is CCC(C)NCCCCCCC(=O)C(C)C. The number of unbranched alkanes of at least 4 members (excludes halogenated alkanes) is 3. The Labute approximate surface area is 101 Å². The van der Waals surface area contributed by atoms with Gasteiger partial charge in [-0.3, -0.25) is 4.79 Å². The molecule has 0 fully saturated rings. The predicted molar refractivity (Wildman–Crippen MR) is 70.7 cm³/mol. The van der Waals surface area contributed by atoms with Crippen LogP contribution in [0, 0.1) is 5.92 Å². The van der Waals surface area contributed by atoms with Crippen LogP contribution in [0.1, 0.15) is 66.2 Å². The summed E-state index contributed by atoms with van der Waals surface area (Å²) in [7, 11) is 0. The average molecular weight is 227 g/mol. The fourth-order valence-electron chi connectivity index (χ4n) is 1.56. The highest BCUT2D eigenvalue weighted by atomic mass is 16.1. The summed E-state index contributed by atoms with van der Waals surface area (Å²) in [6.45, 7) is 9.51. The van der Waals surface area contributed by atoms with Gasteiger partial charge in [0.1, 0.15) is 5.78 Å². The first-order chi connectivity index (χ1) is 7.57. The van der Waals surface area contributed by atoms with Crippen LogP contribution >= 0.6 is 0 Å². The first-order valence-corrected chi connectivity index (χ1v) is 6.84. The van der Waals surface area contributed by atoms with Gasteiger partial charge in [-0.15, -0.1) is 0 Å². The highest BCUT2D eigenvalue weighted by Gasteiger charge is 2.05. The molecule has 0 aliphatic rings. The topological polar surface area (TPSA) is 29.1 Å². The van der Waals surface area contributed by atoms with E-state index in [9.17, 15) is 4.79 Å². The minimum absolute atomic E-state index is 0.215. The second-order valence-electron chi connectivity index (χ2n) is 5.05. The van der Waals surface area contributed by atoms with Gasteiger partial charge in [-0.25, -0.2) is 0 Å². The smallest absolute Gasteiger partial charge is 0.135 e. The van der Waals surface area contributed by atoms with Crippen molar-refractivity contribution in [3.8, 4) is 0 Å². The number of carbonyl (C=O) groups is 1. The Hall–Kier alpha value is -0.370. The molecule has 0 amide bonds. The molecular formula is C14H29NO. The number of nitrogens with one attached hydrogen (secondary N) is 1. The van der Waals surface area contributed by atoms with E-state index in [1.165, 1.54) is 25.7 Å². The molecule has 0 aliphatic heterocycles. The zero-order valence-corrected chi connectivity index (χ0v) is 11.5. The summed E-state index contributed by atoms with van der Waals surface area (Å²) in [4.78, 5) is 11.3. The molecule has 96 valence electrons. The molecule has 2 nitrogen and oxygen atoms in total. The Balaban J connectivity index is 3.19. The Morgan fingerprint density at radius 1 is 1.06 bits per heavy atom. The second-order valence-corrected chi connectivity index (χ2v) is 5.05. The van der Waals surface area contributed by atoms with E-state index >= 15 is 0 Å². The van der Waals surface area contributed by atoms with E-state index < -0.39 is 0 Å². The summed E-state index contributed by atoms with van der Waals surface area (Å²) in [6, 6.07) is 0.641. The van der Waals surface area contributed by atoms with E-state index in [1.54, 1.807) is 0 Å². The van der Waals surface area contributed by atoms with Gasteiger partial charge in [0.25, 0.3) is 0 Å². The van der Waals surface area contributed by atoms with E-state index in [2.05, 4.69) is 19.2 Å². The highest BCUT2D eigenvalue weighted by Crippen LogP contribution is 2.07. The molecule has 1 unspecified atom stereocenters. The van der Waals surface area contributed by atoms with Gasteiger partial charge in [-0.05, 0) is 32.7 Å². The molecule has 0 saturated heterocycles. The number of rotatable bonds is 10. The van der Waals surface area contributed by atoms with Gasteiger partial charge in [0.05, 0.1) is 0 Å². The molecule has 1 N–H and O–H groups in total. The number of ketones is 1. The van der Waals surface area contributed by atoms with Gasteiger partial charge in [-0.1, -0.05) is 33.6 Å². The first kappa shape index (κ1) is 15.6. The lowest BCUT2D eigenvalue weighted by molar-refractivity contribution is -0.122. The molecule has 16 heavy (non-hydrogen) atoms. The van der Waals surface area contributed by atoms with E-state index in [0.29, 0.717) is 11.8 Å². The van der Waals surface area contributed by atoms with Crippen LogP contribution in [0.15, 0.2) is 0 Å². The van der Waals surface area contributed by atoms with Gasteiger partial charge in [0.2, 0.25) is 0 Å². The minimum atomic E-state index is 0.215. The lowest BCUT2D eigenvalue weighted by Gasteiger charge is -2.10. The molecular weight excluding hydrogens is 198 g/mol. The van der Waals surface area contributed by atoms with Gasteiger partial charge in [-0.2, -0.15) is 0 Å². The summed E-state index contributed by atoms with van der Waals surface area (Å²) in [5, 5.41) is 3.48. The van der Waals surface area contributed by atoms with E-state index in [0.717, 1.165) is 19.4 Å². The van der Waals surface area contributed by atoms with E-state index in [1.807, 2.05) is 13.8 Å². The first-order valence-electron chi connectivity index (χ1n) is 6.84. The molecule has 0 heterocycles. The van der Waals surface area contributed by atoms with Crippen LogP contribution in [0.3, 0.4) is 0 Å². The van der Waals surface area contributed by atoms with Crippen LogP contribution in [-0.4, -0.2) is 18.4 Å². The van der Waals surface area contributed by atoms with Crippen LogP contribution in [0.2, 0.25) is 0 Å². The Morgan fingerprint density at radius 2 is 1.69 bits per heavy atom. The molecule has 0 aromatic carbocycles. The largest absolute Gasteiger partial charge is 0.314 e. The molecule has 0 spiro atoms. The molecule has 0 rings (SSSR count). The Kier molecular flexibility index (Phi) is 9.60. The minimum Gasteiger partial charge on any atom is -0.314 e. The molecule has 0 aromatic rings. The van der Waals surface area contributed by atoms with Crippen LogP contribution in [-0.2, 0) is 4.79 Å². The fraction of sp³-hybridized carbons (Fsp3) is 0.929. The zero-order valence-electron chi connectivity index (χ0n) is 11.5. The maximum absolute atomic E-state index is 11.3. The van der Waals surface area contributed by atoms with Gasteiger partial charge < -0.3 is 5.32 Å². The normalized spacial score (nSPS) is 13.1. The lowest BCUT2D eigenvalue weighted by atomic mass is 10.0. The number of hydrogen-bond acceptors (Lipinski definition) is 2. The summed E-state index contributed by atoms with van der Waals surface area (Å²) < 4.78 is 0. The molecule has 2 heteroatoms. The fourth-order valence-corrected chi connectivity index (χ4v) is 1.56. The van der Waals surface area contributed by atoms with Crippen LogP contribution in [0.4, 0.5) is 0 Å². The van der Waals surface area contributed by atoms with Crippen LogP contribution in [0.5, 0.6) is 0 Å². The lowest BCUT2D eigenvalue weighted by Crippen LogP contribution is -2.25. The molecule has 1 atom stereocenters. The molecule has 0 aromatic heterocycles. The maximum Gasteiger partial charge on any atom is 0.135 e. The van der Waals surface area contributed by atoms with Crippen molar-refractivity contribution in [1.29, 1.82) is 0 Å². The van der Waals surface area contributed by atoms with Crippen molar-refractivity contribution in [3.63, 3.8) is 0 Å². The van der Waals surface area contributed by atoms with E-state index in [4.69, 9.17) is 0 Å². The van der Waals surface area contributed by atoms with Gasteiger partial charge in [0, 0.05) is 18.4 Å². The van der Waals surface area contributed by atoms with Gasteiger partial charge in [0.15, 0.2) is 0 Å². The third kappa shape index (κ3) is 8.90. The summed E-state index contributed by atoms with van der Waals surface area (Å²) in [5.74, 6) is 0.629. The molecule has 0 aliphatic carbocycles. The van der Waals surface area contributed by atoms with Crippen molar-refractivity contribution in [2.75, 3.05) is 6.54 Å². The maximum atomic E-state index is 11.3. The quantitative estimate of drug-likeness (QED) is 0.578. The average Bonchev–Trinajstić information content (AvgIpc) is 2.26. The second kappa shape index (κ2) is 9.83. The third-order valence-corrected chi connectivity index (χ3v) is 3.10. The summed E-state index contributed by atoms with van der Waals surface area (Å²) >= 11 is 0. The summed E-state index contributed by atoms with van der Waals surface area (Å²) in [6.07, 6.45) is 6.72. The van der Waals surface area contributed by atoms with Crippen LogP contribution < -0.4 is 5.32 Å². The van der Waals surface area contributed by atoms with Crippen molar-refractivity contribution >= 4 is 5.78 Å². The molecule has 0 radical (unpaired) electrons. The monoisotopic (exact) mass is 227 g/mol. The number of hydrogen-bond donors (Lipinski definition) is 1. The zero-order chi connectivity index (χ0) is 12.4.